The van der Waals surface area contributed by atoms with Gasteiger partial charge in [0, 0.05) is 74.9 Å². The molecule has 0 spiro atoms. The van der Waals surface area contributed by atoms with E-state index in [0.717, 1.165) is 56.1 Å². The van der Waals surface area contributed by atoms with Crippen molar-refractivity contribution in [3.8, 4) is 11.3 Å². The average Bonchev–Trinajstić information content (AvgIpc) is 2.79. The second-order valence-electron chi connectivity index (χ2n) is 8.90. The number of fused-ring (bicyclic) bond motifs is 2. The molecular weight excluding hydrogens is 376 g/mol. The molecule has 2 aromatic rings. The zero-order valence-corrected chi connectivity index (χ0v) is 17.7. The molecule has 0 N–H and O–H groups in total. The predicted molar refractivity (Wildman–Crippen MR) is 115 cm³/mol. The number of piperazine rings is 1. The lowest BCUT2D eigenvalue weighted by Crippen LogP contribution is -2.59. The van der Waals surface area contributed by atoms with Gasteiger partial charge in [-0.2, -0.15) is 0 Å². The summed E-state index contributed by atoms with van der Waals surface area (Å²) in [6.45, 7) is 7.30. The van der Waals surface area contributed by atoms with E-state index in [-0.39, 0.29) is 5.91 Å². The Bertz CT molecular complexity index is 904. The number of nitrogens with zero attached hydrogens (tertiary/aromatic N) is 6. The summed E-state index contributed by atoms with van der Waals surface area (Å²) >= 11 is 0. The van der Waals surface area contributed by atoms with Crippen molar-refractivity contribution in [1.82, 2.24) is 29.7 Å². The first-order valence-corrected chi connectivity index (χ1v) is 11.2. The molecule has 0 aromatic carbocycles. The summed E-state index contributed by atoms with van der Waals surface area (Å²) in [6, 6.07) is 5.40. The third-order valence-electron chi connectivity index (χ3n) is 6.95. The molecule has 2 saturated heterocycles. The van der Waals surface area contributed by atoms with Gasteiger partial charge in [-0.05, 0) is 31.4 Å². The highest BCUT2D eigenvalue weighted by Crippen LogP contribution is 2.26. The fourth-order valence-corrected chi connectivity index (χ4v) is 5.24. The smallest absolute Gasteiger partial charge is 0.236 e. The van der Waals surface area contributed by atoms with Crippen LogP contribution in [0.4, 0.5) is 0 Å². The van der Waals surface area contributed by atoms with E-state index in [4.69, 9.17) is 4.98 Å². The number of piperidine rings is 1. The van der Waals surface area contributed by atoms with Crippen LogP contribution in [0.5, 0.6) is 0 Å². The first kappa shape index (κ1) is 19.6. The maximum Gasteiger partial charge on any atom is 0.236 e. The first-order valence-electron chi connectivity index (χ1n) is 11.2. The molecule has 0 aliphatic carbocycles. The zero-order chi connectivity index (χ0) is 20.5. The topological polar surface area (TPSA) is 65.5 Å². The second kappa shape index (κ2) is 8.40. The molecule has 0 radical (unpaired) electrons. The molecule has 30 heavy (non-hydrogen) atoms. The Kier molecular flexibility index (Phi) is 5.48. The second-order valence-corrected chi connectivity index (χ2v) is 8.90. The van der Waals surface area contributed by atoms with Gasteiger partial charge in [0.05, 0.1) is 12.2 Å². The third kappa shape index (κ3) is 3.96. The van der Waals surface area contributed by atoms with Crippen molar-refractivity contribution in [2.45, 2.75) is 51.2 Å². The van der Waals surface area contributed by atoms with Crippen molar-refractivity contribution in [1.29, 1.82) is 0 Å². The zero-order valence-electron chi connectivity index (χ0n) is 17.7. The van der Waals surface area contributed by atoms with Crippen LogP contribution >= 0.6 is 0 Å². The van der Waals surface area contributed by atoms with Crippen LogP contribution < -0.4 is 0 Å². The molecule has 158 valence electrons. The summed E-state index contributed by atoms with van der Waals surface area (Å²) in [5.74, 6) is 0.280. The number of hydrogen-bond donors (Lipinski definition) is 0. The van der Waals surface area contributed by atoms with Crippen LogP contribution in [0.2, 0.25) is 0 Å². The quantitative estimate of drug-likeness (QED) is 0.777. The van der Waals surface area contributed by atoms with Gasteiger partial charge in [0.15, 0.2) is 0 Å². The van der Waals surface area contributed by atoms with Crippen LogP contribution in [-0.4, -0.2) is 80.4 Å². The Morgan fingerprint density at radius 2 is 2.00 bits per heavy atom. The van der Waals surface area contributed by atoms with E-state index in [0.29, 0.717) is 18.6 Å². The van der Waals surface area contributed by atoms with E-state index < -0.39 is 0 Å². The minimum atomic E-state index is 0.280. The van der Waals surface area contributed by atoms with Crippen LogP contribution in [-0.2, 0) is 17.8 Å². The number of pyridine rings is 1. The molecule has 5 heterocycles. The van der Waals surface area contributed by atoms with E-state index in [1.165, 1.54) is 31.2 Å². The van der Waals surface area contributed by atoms with Crippen LogP contribution in [0.25, 0.3) is 11.3 Å². The highest BCUT2D eigenvalue weighted by molar-refractivity contribution is 5.78. The van der Waals surface area contributed by atoms with Crippen molar-refractivity contribution >= 4 is 5.91 Å². The van der Waals surface area contributed by atoms with Crippen molar-refractivity contribution in [2.24, 2.45) is 0 Å². The molecule has 3 aliphatic rings. The number of carbonyl (C=O) groups is 1. The molecule has 1 amide bonds. The minimum absolute atomic E-state index is 0.280. The van der Waals surface area contributed by atoms with Gasteiger partial charge in [0.2, 0.25) is 5.91 Å². The molecular formula is C23H30N6O. The standard InChI is InChI=1S/C23H30N6O/c1-17-3-2-4-20-14-28(9-10-29(17)20)23(30)15-27-8-7-22-18(13-27)5-6-21(26-22)19-11-24-16-25-12-19/h5-6,11-12,16-17,20H,2-4,7-10,13-15H2,1H3. The van der Waals surface area contributed by atoms with Gasteiger partial charge in [-0.15, -0.1) is 0 Å². The van der Waals surface area contributed by atoms with E-state index in [9.17, 15) is 4.79 Å². The lowest BCUT2D eigenvalue weighted by molar-refractivity contribution is -0.137. The number of rotatable bonds is 3. The summed E-state index contributed by atoms with van der Waals surface area (Å²) in [6.07, 6.45) is 9.81. The molecule has 2 atom stereocenters. The maximum atomic E-state index is 13.0. The van der Waals surface area contributed by atoms with Crippen LogP contribution in [0.3, 0.4) is 0 Å². The van der Waals surface area contributed by atoms with Gasteiger partial charge in [-0.3, -0.25) is 19.6 Å². The molecule has 2 unspecified atom stereocenters. The summed E-state index contributed by atoms with van der Waals surface area (Å²) in [5.41, 5.74) is 4.21. The molecule has 0 saturated carbocycles. The van der Waals surface area contributed by atoms with Crippen LogP contribution in [0.1, 0.15) is 37.4 Å². The van der Waals surface area contributed by atoms with Gasteiger partial charge < -0.3 is 4.90 Å². The lowest BCUT2D eigenvalue weighted by Gasteiger charge is -2.47. The van der Waals surface area contributed by atoms with Gasteiger partial charge in [-0.1, -0.05) is 12.5 Å². The molecule has 2 aromatic heterocycles. The number of aromatic nitrogens is 3. The van der Waals surface area contributed by atoms with Gasteiger partial charge in [-0.25, -0.2) is 9.97 Å². The summed E-state index contributed by atoms with van der Waals surface area (Å²) in [5, 5.41) is 0. The van der Waals surface area contributed by atoms with Gasteiger partial charge >= 0.3 is 0 Å². The van der Waals surface area contributed by atoms with Crippen molar-refractivity contribution in [3.63, 3.8) is 0 Å². The number of carbonyl (C=O) groups excluding carboxylic acids is 1. The Morgan fingerprint density at radius 1 is 1.13 bits per heavy atom. The molecule has 5 rings (SSSR count). The number of amides is 1. The highest BCUT2D eigenvalue weighted by atomic mass is 16.2. The average molecular weight is 407 g/mol. The Labute approximate surface area is 178 Å². The van der Waals surface area contributed by atoms with Gasteiger partial charge in [0.25, 0.3) is 0 Å². The van der Waals surface area contributed by atoms with Crippen LogP contribution in [0, 0.1) is 0 Å². The molecule has 0 bridgehead atoms. The fraction of sp³-hybridized carbons (Fsp3) is 0.565. The van der Waals surface area contributed by atoms with Gasteiger partial charge in [0.1, 0.15) is 6.33 Å². The van der Waals surface area contributed by atoms with E-state index in [1.807, 2.05) is 6.07 Å². The molecule has 2 fully saturated rings. The normalized spacial score (nSPS) is 24.9. The summed E-state index contributed by atoms with van der Waals surface area (Å²) in [4.78, 5) is 33.0. The van der Waals surface area contributed by atoms with E-state index >= 15 is 0 Å². The summed E-state index contributed by atoms with van der Waals surface area (Å²) in [7, 11) is 0. The largest absolute Gasteiger partial charge is 0.339 e. The first-order chi connectivity index (χ1) is 14.7. The van der Waals surface area contributed by atoms with E-state index in [2.05, 4.69) is 37.7 Å². The highest BCUT2D eigenvalue weighted by Gasteiger charge is 2.34. The SMILES string of the molecule is CC1CCCC2CN(C(=O)CN3CCc4nc(-c5cncnc5)ccc4C3)CCN12. The number of hydrogen-bond acceptors (Lipinski definition) is 6. The van der Waals surface area contributed by atoms with Crippen molar-refractivity contribution < 1.29 is 4.79 Å². The monoisotopic (exact) mass is 406 g/mol. The fourth-order valence-electron chi connectivity index (χ4n) is 5.24. The van der Waals surface area contributed by atoms with Crippen molar-refractivity contribution in [3.05, 3.63) is 42.1 Å². The lowest BCUT2D eigenvalue weighted by atomic mass is 9.94. The Balaban J connectivity index is 1.20. The summed E-state index contributed by atoms with van der Waals surface area (Å²) < 4.78 is 0. The predicted octanol–water partition coefficient (Wildman–Crippen LogP) is 1.98. The Hall–Kier alpha value is -2.38. The molecule has 7 nitrogen and oxygen atoms in total. The maximum absolute atomic E-state index is 13.0. The van der Waals surface area contributed by atoms with E-state index in [1.54, 1.807) is 12.4 Å². The minimum Gasteiger partial charge on any atom is -0.339 e. The van der Waals surface area contributed by atoms with Crippen molar-refractivity contribution in [2.75, 3.05) is 32.7 Å². The third-order valence-corrected chi connectivity index (χ3v) is 6.95. The van der Waals surface area contributed by atoms with Crippen LogP contribution in [0.15, 0.2) is 30.9 Å². The Morgan fingerprint density at radius 3 is 2.87 bits per heavy atom. The molecule has 7 heteroatoms. The molecule has 3 aliphatic heterocycles.